The van der Waals surface area contributed by atoms with E-state index in [1.165, 1.54) is 5.01 Å². The van der Waals surface area contributed by atoms with Crippen molar-refractivity contribution in [1.82, 2.24) is 10.9 Å². The van der Waals surface area contributed by atoms with Crippen LogP contribution < -0.4 is 15.9 Å². The van der Waals surface area contributed by atoms with Crippen molar-refractivity contribution in [3.05, 3.63) is 30.3 Å². The number of nitrogens with one attached hydrogen (secondary N) is 2. The number of hydrogen-bond acceptors (Lipinski definition) is 5. The van der Waals surface area contributed by atoms with Gasteiger partial charge in [-0.3, -0.25) is 15.2 Å². The molecule has 0 unspecified atom stereocenters. The number of hydrazone groups is 1. The number of nitrogens with zero attached hydrogens (tertiary/aromatic N) is 2. The van der Waals surface area contributed by atoms with Gasteiger partial charge in [0.05, 0.1) is 5.69 Å². The highest BCUT2D eigenvalue weighted by atomic mass is 16.4. The van der Waals surface area contributed by atoms with Gasteiger partial charge in [-0.25, -0.2) is 10.2 Å². The fourth-order valence-electron chi connectivity index (χ4n) is 1.38. The van der Waals surface area contributed by atoms with Gasteiger partial charge in [-0.2, -0.15) is 0 Å². The Balaban J connectivity index is 2.09. The Hall–Kier alpha value is -2.57. The Morgan fingerprint density at radius 3 is 2.71 bits per heavy atom. The van der Waals surface area contributed by atoms with Crippen molar-refractivity contribution in [3.63, 3.8) is 0 Å². The Labute approximate surface area is 96.7 Å². The zero-order valence-electron chi connectivity index (χ0n) is 8.75. The van der Waals surface area contributed by atoms with Crippen molar-refractivity contribution in [2.75, 3.05) is 11.6 Å². The molecule has 3 N–H and O–H groups in total. The quantitative estimate of drug-likeness (QED) is 0.602. The van der Waals surface area contributed by atoms with Crippen LogP contribution in [0.3, 0.4) is 0 Å². The van der Waals surface area contributed by atoms with E-state index in [1.807, 2.05) is 35.8 Å². The summed E-state index contributed by atoms with van der Waals surface area (Å²) in [7, 11) is 0. The number of amidine groups is 1. The molecule has 0 fully saturated rings. The summed E-state index contributed by atoms with van der Waals surface area (Å²) in [5.74, 6) is -0.293. The lowest BCUT2D eigenvalue weighted by atomic mass is 10.3. The van der Waals surface area contributed by atoms with Gasteiger partial charge < -0.3 is 5.11 Å². The molecule has 1 aromatic rings. The van der Waals surface area contributed by atoms with Crippen LogP contribution in [0.4, 0.5) is 10.5 Å². The maximum Gasteiger partial charge on any atom is 0.423 e. The first-order valence-corrected chi connectivity index (χ1v) is 4.86. The molecule has 1 amide bonds. The summed E-state index contributed by atoms with van der Waals surface area (Å²) in [5, 5.41) is 13.9. The molecule has 1 aromatic carbocycles. The average Bonchev–Trinajstić information content (AvgIpc) is 2.69. The molecule has 2 rings (SSSR count). The van der Waals surface area contributed by atoms with Gasteiger partial charge in [-0.05, 0) is 12.1 Å². The van der Waals surface area contributed by atoms with Gasteiger partial charge in [-0.1, -0.05) is 18.2 Å². The van der Waals surface area contributed by atoms with E-state index in [0.29, 0.717) is 0 Å². The van der Waals surface area contributed by atoms with E-state index in [9.17, 15) is 9.59 Å². The first-order chi connectivity index (χ1) is 8.16. The molecule has 7 nitrogen and oxygen atoms in total. The fourth-order valence-corrected chi connectivity index (χ4v) is 1.38. The van der Waals surface area contributed by atoms with Gasteiger partial charge in [-0.15, -0.1) is 5.10 Å². The number of hydrogen-bond donors (Lipinski definition) is 3. The number of carbonyl (C=O) groups is 2. The monoisotopic (exact) mass is 234 g/mol. The Morgan fingerprint density at radius 1 is 1.35 bits per heavy atom. The van der Waals surface area contributed by atoms with E-state index < -0.39 is 6.09 Å². The SMILES string of the molecule is O=C(O)NNC1=NN(c2ccccc2)CC1=O. The Kier molecular flexibility index (Phi) is 2.91. The lowest BCUT2D eigenvalue weighted by Gasteiger charge is -2.11. The van der Waals surface area contributed by atoms with Crippen molar-refractivity contribution in [2.24, 2.45) is 5.10 Å². The van der Waals surface area contributed by atoms with Gasteiger partial charge in [0.25, 0.3) is 0 Å². The lowest BCUT2D eigenvalue weighted by Crippen LogP contribution is -2.43. The van der Waals surface area contributed by atoms with Crippen LogP contribution in [0.5, 0.6) is 0 Å². The van der Waals surface area contributed by atoms with Crippen LogP contribution in [0.2, 0.25) is 0 Å². The lowest BCUT2D eigenvalue weighted by molar-refractivity contribution is -0.111. The van der Waals surface area contributed by atoms with E-state index in [0.717, 1.165) is 5.69 Å². The maximum atomic E-state index is 11.5. The number of ketones is 1. The molecular weight excluding hydrogens is 224 g/mol. The summed E-state index contributed by atoms with van der Waals surface area (Å²) < 4.78 is 0. The first kappa shape index (κ1) is 10.9. The molecule has 0 aromatic heterocycles. The average molecular weight is 234 g/mol. The van der Waals surface area contributed by atoms with Crippen LogP contribution in [-0.4, -0.2) is 29.4 Å². The standard InChI is InChI=1S/C10H10N4O3/c15-8-6-14(7-4-2-1-3-5-7)13-9(8)11-12-10(16)17/h1-5,12H,6H2,(H,11,13)(H,16,17). The number of Topliss-reactive ketones (excluding diaryl/α,β-unsaturated/α-hetero) is 1. The summed E-state index contributed by atoms with van der Waals surface area (Å²) in [5.41, 5.74) is 4.89. The highest BCUT2D eigenvalue weighted by Gasteiger charge is 2.24. The molecule has 7 heteroatoms. The number of carbonyl (C=O) groups excluding carboxylic acids is 1. The molecule has 1 aliphatic heterocycles. The van der Waals surface area contributed by atoms with Gasteiger partial charge in [0.1, 0.15) is 6.54 Å². The highest BCUT2D eigenvalue weighted by Crippen LogP contribution is 2.16. The maximum absolute atomic E-state index is 11.5. The summed E-state index contributed by atoms with van der Waals surface area (Å²) in [4.78, 5) is 21.8. The third-order valence-corrected chi connectivity index (χ3v) is 2.12. The van der Waals surface area contributed by atoms with Crippen LogP contribution in [0.1, 0.15) is 0 Å². The predicted octanol–water partition coefficient (Wildman–Crippen LogP) is 0.161. The number of benzene rings is 1. The van der Waals surface area contributed by atoms with Crippen molar-refractivity contribution >= 4 is 23.4 Å². The second-order valence-corrected chi connectivity index (χ2v) is 3.32. The molecule has 17 heavy (non-hydrogen) atoms. The van der Waals surface area contributed by atoms with Gasteiger partial charge >= 0.3 is 6.09 Å². The molecule has 0 saturated carbocycles. The second-order valence-electron chi connectivity index (χ2n) is 3.32. The minimum absolute atomic E-state index is 0.0174. The molecule has 0 saturated heterocycles. The van der Waals surface area contributed by atoms with E-state index in [4.69, 9.17) is 5.11 Å². The minimum Gasteiger partial charge on any atom is -0.464 e. The van der Waals surface area contributed by atoms with Crippen LogP contribution in [0.15, 0.2) is 35.4 Å². The van der Waals surface area contributed by atoms with E-state index in [-0.39, 0.29) is 18.2 Å². The number of rotatable bonds is 1. The largest absolute Gasteiger partial charge is 0.464 e. The summed E-state index contributed by atoms with van der Waals surface area (Å²) in [6.45, 7) is 0.0909. The molecule has 0 radical (unpaired) electrons. The molecule has 0 aliphatic carbocycles. The molecule has 0 spiro atoms. The van der Waals surface area contributed by atoms with E-state index >= 15 is 0 Å². The molecular formula is C10H10N4O3. The predicted molar refractivity (Wildman–Crippen MR) is 60.5 cm³/mol. The third kappa shape index (κ3) is 2.51. The zero-order chi connectivity index (χ0) is 12.3. The van der Waals surface area contributed by atoms with E-state index in [1.54, 1.807) is 0 Å². The van der Waals surface area contributed by atoms with Crippen molar-refractivity contribution < 1.29 is 14.7 Å². The molecule has 1 aliphatic rings. The topological polar surface area (TPSA) is 94.0 Å². The van der Waals surface area contributed by atoms with Crippen molar-refractivity contribution in [3.8, 4) is 0 Å². The first-order valence-electron chi connectivity index (χ1n) is 4.86. The van der Waals surface area contributed by atoms with E-state index in [2.05, 4.69) is 10.5 Å². The number of anilines is 1. The number of amides is 1. The molecule has 0 bridgehead atoms. The van der Waals surface area contributed by atoms with Crippen LogP contribution in [-0.2, 0) is 4.79 Å². The smallest absolute Gasteiger partial charge is 0.423 e. The number of hydrazine groups is 1. The van der Waals surface area contributed by atoms with Crippen LogP contribution in [0, 0.1) is 0 Å². The zero-order valence-corrected chi connectivity index (χ0v) is 8.75. The molecule has 0 atom stereocenters. The Bertz CT molecular complexity index is 472. The number of para-hydroxylation sites is 1. The Morgan fingerprint density at radius 2 is 2.06 bits per heavy atom. The molecule has 1 heterocycles. The summed E-state index contributed by atoms with van der Waals surface area (Å²) in [6, 6.07) is 9.14. The van der Waals surface area contributed by atoms with Gasteiger partial charge in [0.2, 0.25) is 11.6 Å². The highest BCUT2D eigenvalue weighted by molar-refractivity contribution is 6.41. The van der Waals surface area contributed by atoms with Gasteiger partial charge in [0, 0.05) is 0 Å². The molecule has 88 valence electrons. The van der Waals surface area contributed by atoms with Crippen molar-refractivity contribution in [1.29, 1.82) is 0 Å². The third-order valence-electron chi connectivity index (χ3n) is 2.12. The normalized spacial score (nSPS) is 14.5. The number of carboxylic acid groups (broad SMARTS) is 1. The van der Waals surface area contributed by atoms with Gasteiger partial charge in [0.15, 0.2) is 0 Å². The fraction of sp³-hybridized carbons (Fsp3) is 0.100. The minimum atomic E-state index is -1.28. The summed E-state index contributed by atoms with van der Waals surface area (Å²) in [6.07, 6.45) is -1.28. The van der Waals surface area contributed by atoms with Crippen LogP contribution in [0.25, 0.3) is 0 Å². The summed E-state index contributed by atoms with van der Waals surface area (Å²) >= 11 is 0. The van der Waals surface area contributed by atoms with Crippen molar-refractivity contribution in [2.45, 2.75) is 0 Å². The second kappa shape index (κ2) is 4.52. The van der Waals surface area contributed by atoms with Crippen LogP contribution >= 0.6 is 0 Å².